The molecule has 0 saturated carbocycles. The summed E-state index contributed by atoms with van der Waals surface area (Å²) in [4.78, 5) is 14.8. The molecule has 1 unspecified atom stereocenters. The average molecular weight is 352 g/mol. The van der Waals surface area contributed by atoms with Gasteiger partial charge in [-0.2, -0.15) is 0 Å². The topological polar surface area (TPSA) is 41.6 Å². The fraction of sp³-hybridized carbons (Fsp3) is 0.409. The second-order valence-electron chi connectivity index (χ2n) is 6.65. The predicted octanol–water partition coefficient (Wildman–Crippen LogP) is 4.69. The Labute approximate surface area is 156 Å². The number of urea groups is 1. The lowest BCUT2D eigenvalue weighted by molar-refractivity contribution is 0.163. The first-order valence-electron chi connectivity index (χ1n) is 9.57. The summed E-state index contributed by atoms with van der Waals surface area (Å²) in [6, 6.07) is 16.7. The summed E-state index contributed by atoms with van der Waals surface area (Å²) in [6.45, 7) is 5.82. The number of amides is 2. The van der Waals surface area contributed by atoms with Gasteiger partial charge in [-0.05, 0) is 61.9 Å². The Kier molecular flexibility index (Phi) is 6.16. The largest absolute Gasteiger partial charge is 0.494 e. The number of nitrogens with zero attached hydrogens (tertiary/aromatic N) is 1. The molecule has 1 aliphatic rings. The maximum absolute atomic E-state index is 12.8. The van der Waals surface area contributed by atoms with Gasteiger partial charge in [0.1, 0.15) is 5.75 Å². The number of hydrogen-bond donors (Lipinski definition) is 1. The number of nitrogens with one attached hydrogen (secondary N) is 1. The molecule has 2 aromatic carbocycles. The summed E-state index contributed by atoms with van der Waals surface area (Å²) < 4.78 is 5.52. The average Bonchev–Trinajstić information content (AvgIpc) is 2.67. The molecule has 0 radical (unpaired) electrons. The molecule has 1 N–H and O–H groups in total. The molecule has 0 bridgehead atoms. The van der Waals surface area contributed by atoms with E-state index in [-0.39, 0.29) is 12.1 Å². The monoisotopic (exact) mass is 352 g/mol. The van der Waals surface area contributed by atoms with Gasteiger partial charge in [0, 0.05) is 13.1 Å². The van der Waals surface area contributed by atoms with Crippen LogP contribution in [0.5, 0.6) is 5.75 Å². The first kappa shape index (κ1) is 18.3. The van der Waals surface area contributed by atoms with Gasteiger partial charge in [0.25, 0.3) is 0 Å². The number of ether oxygens (including phenoxy) is 1. The Bertz CT molecular complexity index is 727. The lowest BCUT2D eigenvalue weighted by atomic mass is 9.86. The lowest BCUT2D eigenvalue weighted by Crippen LogP contribution is -2.42. The molecule has 26 heavy (non-hydrogen) atoms. The number of hydrogen-bond acceptors (Lipinski definition) is 2. The van der Waals surface area contributed by atoms with Gasteiger partial charge in [-0.1, -0.05) is 36.4 Å². The Morgan fingerprint density at radius 1 is 1.15 bits per heavy atom. The molecule has 0 aliphatic heterocycles. The number of rotatable bonds is 6. The molecule has 2 amide bonds. The maximum atomic E-state index is 12.8. The molecular weight excluding hydrogens is 324 g/mol. The summed E-state index contributed by atoms with van der Waals surface area (Å²) in [6.07, 6.45) is 3.21. The fourth-order valence-electron chi connectivity index (χ4n) is 3.68. The van der Waals surface area contributed by atoms with Crippen LogP contribution in [0, 0.1) is 0 Å². The molecule has 1 aliphatic carbocycles. The third-order valence-electron chi connectivity index (χ3n) is 4.89. The second-order valence-corrected chi connectivity index (χ2v) is 6.65. The third kappa shape index (κ3) is 4.18. The smallest absolute Gasteiger partial charge is 0.318 e. The normalized spacial score (nSPS) is 15.8. The van der Waals surface area contributed by atoms with E-state index in [4.69, 9.17) is 4.74 Å². The highest BCUT2D eigenvalue weighted by atomic mass is 16.5. The Balaban J connectivity index is 1.85. The van der Waals surface area contributed by atoms with Gasteiger partial charge in [0.15, 0.2) is 0 Å². The van der Waals surface area contributed by atoms with E-state index in [0.29, 0.717) is 19.7 Å². The van der Waals surface area contributed by atoms with Crippen LogP contribution in [0.25, 0.3) is 0 Å². The van der Waals surface area contributed by atoms with Crippen LogP contribution in [-0.4, -0.2) is 24.1 Å². The van der Waals surface area contributed by atoms with E-state index >= 15 is 0 Å². The quantitative estimate of drug-likeness (QED) is 0.819. The summed E-state index contributed by atoms with van der Waals surface area (Å²) >= 11 is 0. The Hall–Kier alpha value is -2.49. The van der Waals surface area contributed by atoms with Crippen molar-refractivity contribution in [2.24, 2.45) is 0 Å². The highest BCUT2D eigenvalue weighted by Gasteiger charge is 2.29. The van der Waals surface area contributed by atoms with Crippen molar-refractivity contribution in [1.82, 2.24) is 10.2 Å². The highest BCUT2D eigenvalue weighted by molar-refractivity contribution is 5.75. The Morgan fingerprint density at radius 3 is 2.65 bits per heavy atom. The van der Waals surface area contributed by atoms with Crippen molar-refractivity contribution < 1.29 is 9.53 Å². The maximum Gasteiger partial charge on any atom is 0.318 e. The van der Waals surface area contributed by atoms with Gasteiger partial charge in [0.2, 0.25) is 0 Å². The van der Waals surface area contributed by atoms with Gasteiger partial charge in [0.05, 0.1) is 12.6 Å². The standard InChI is InChI=1S/C22H28N2O2/c1-3-23-22(25)24(16-17-12-14-19(15-13-17)26-4-2)21-11-7-9-18-8-5-6-10-20(18)21/h5-6,8,10,12-15,21H,3-4,7,9,11,16H2,1-2H3,(H,23,25). The van der Waals surface area contributed by atoms with Crippen LogP contribution >= 0.6 is 0 Å². The first-order chi connectivity index (χ1) is 12.7. The lowest BCUT2D eigenvalue weighted by Gasteiger charge is -2.36. The molecule has 3 rings (SSSR count). The molecular formula is C22H28N2O2. The molecule has 0 spiro atoms. The molecule has 0 saturated heterocycles. The second kappa shape index (κ2) is 8.75. The van der Waals surface area contributed by atoms with Crippen LogP contribution in [0.15, 0.2) is 48.5 Å². The minimum Gasteiger partial charge on any atom is -0.494 e. The zero-order valence-corrected chi connectivity index (χ0v) is 15.7. The van der Waals surface area contributed by atoms with Crippen molar-refractivity contribution >= 4 is 6.03 Å². The molecule has 1 atom stereocenters. The molecule has 0 fully saturated rings. The van der Waals surface area contributed by atoms with Crippen molar-refractivity contribution in [3.05, 3.63) is 65.2 Å². The van der Waals surface area contributed by atoms with Crippen molar-refractivity contribution in [2.45, 2.75) is 45.7 Å². The number of benzene rings is 2. The van der Waals surface area contributed by atoms with E-state index in [1.165, 1.54) is 11.1 Å². The van der Waals surface area contributed by atoms with Gasteiger partial charge >= 0.3 is 6.03 Å². The molecule has 0 heterocycles. The number of fused-ring (bicyclic) bond motifs is 1. The van der Waals surface area contributed by atoms with Crippen LogP contribution < -0.4 is 10.1 Å². The summed E-state index contributed by atoms with van der Waals surface area (Å²) in [7, 11) is 0. The molecule has 2 aromatic rings. The van der Waals surface area contributed by atoms with Crippen molar-refractivity contribution in [3.8, 4) is 5.75 Å². The van der Waals surface area contributed by atoms with Gasteiger partial charge < -0.3 is 15.0 Å². The Morgan fingerprint density at radius 2 is 1.92 bits per heavy atom. The third-order valence-corrected chi connectivity index (χ3v) is 4.89. The van der Waals surface area contributed by atoms with Crippen molar-refractivity contribution in [2.75, 3.05) is 13.2 Å². The number of carbonyl (C=O) groups excluding carboxylic acids is 1. The van der Waals surface area contributed by atoms with E-state index in [9.17, 15) is 4.79 Å². The van der Waals surface area contributed by atoms with E-state index in [1.807, 2.05) is 43.0 Å². The van der Waals surface area contributed by atoms with Crippen LogP contribution in [-0.2, 0) is 13.0 Å². The molecule has 4 heteroatoms. The fourth-order valence-corrected chi connectivity index (χ4v) is 3.68. The van der Waals surface area contributed by atoms with Crippen molar-refractivity contribution in [3.63, 3.8) is 0 Å². The first-order valence-corrected chi connectivity index (χ1v) is 9.57. The van der Waals surface area contributed by atoms with E-state index in [1.54, 1.807) is 0 Å². The van der Waals surface area contributed by atoms with Crippen LogP contribution in [0.4, 0.5) is 4.79 Å². The van der Waals surface area contributed by atoms with E-state index in [0.717, 1.165) is 30.6 Å². The van der Waals surface area contributed by atoms with Crippen LogP contribution in [0.1, 0.15) is 49.4 Å². The molecule has 138 valence electrons. The van der Waals surface area contributed by atoms with Crippen LogP contribution in [0.2, 0.25) is 0 Å². The molecule has 4 nitrogen and oxygen atoms in total. The zero-order chi connectivity index (χ0) is 18.4. The highest BCUT2D eigenvalue weighted by Crippen LogP contribution is 2.35. The minimum atomic E-state index is 0.00286. The minimum absolute atomic E-state index is 0.00286. The number of aryl methyl sites for hydroxylation is 1. The van der Waals surface area contributed by atoms with Gasteiger partial charge in [-0.25, -0.2) is 4.79 Å². The van der Waals surface area contributed by atoms with E-state index < -0.39 is 0 Å². The summed E-state index contributed by atoms with van der Waals surface area (Å²) in [5, 5.41) is 2.99. The van der Waals surface area contributed by atoms with Gasteiger partial charge in [-0.15, -0.1) is 0 Å². The van der Waals surface area contributed by atoms with Crippen LogP contribution in [0.3, 0.4) is 0 Å². The number of carbonyl (C=O) groups is 1. The summed E-state index contributed by atoms with van der Waals surface area (Å²) in [5.74, 6) is 0.865. The molecule has 0 aromatic heterocycles. The predicted molar refractivity (Wildman–Crippen MR) is 104 cm³/mol. The zero-order valence-electron chi connectivity index (χ0n) is 15.7. The van der Waals surface area contributed by atoms with E-state index in [2.05, 4.69) is 29.6 Å². The van der Waals surface area contributed by atoms with Crippen molar-refractivity contribution in [1.29, 1.82) is 0 Å². The van der Waals surface area contributed by atoms with Gasteiger partial charge in [-0.3, -0.25) is 0 Å². The summed E-state index contributed by atoms with van der Waals surface area (Å²) in [5.41, 5.74) is 3.77. The SMILES string of the molecule is CCNC(=O)N(Cc1ccc(OCC)cc1)C1CCCc2ccccc21.